The van der Waals surface area contributed by atoms with Crippen LogP contribution in [0.25, 0.3) is 6.08 Å². The highest BCUT2D eigenvalue weighted by Gasteiger charge is 2.33. The number of halogens is 2. The zero-order chi connectivity index (χ0) is 24.2. The first kappa shape index (κ1) is 24.3. The number of carbonyl (C=O) groups is 2. The van der Waals surface area contributed by atoms with E-state index in [0.29, 0.717) is 30.7 Å². The lowest BCUT2D eigenvalue weighted by molar-refractivity contribution is -0.118. The maximum absolute atomic E-state index is 12.9. The van der Waals surface area contributed by atoms with Crippen LogP contribution in [0.4, 0.5) is 11.4 Å². The van der Waals surface area contributed by atoms with E-state index < -0.39 is 0 Å². The third-order valence-corrected chi connectivity index (χ3v) is 6.52. The molecule has 1 heterocycles. The van der Waals surface area contributed by atoms with Crippen molar-refractivity contribution in [3.8, 4) is 5.75 Å². The number of thiocarbonyl (C=S) groups is 1. The standard InChI is InChI=1S/C25H18Cl2N2O3S2/c1-15-2-6-20(7-3-15)29-24(31)22(34-25(29)33)10-16-4-8-21(9-5-16)32-14-23(30)28-19-12-17(26)11-18(27)13-19/h2-13H,14H2,1H3,(H,28,30)/b22-10-. The van der Waals surface area contributed by atoms with E-state index >= 15 is 0 Å². The number of benzene rings is 3. The topological polar surface area (TPSA) is 58.6 Å². The second-order valence-corrected chi connectivity index (χ2v) is 9.97. The SMILES string of the molecule is Cc1ccc(N2C(=O)/C(=C/c3ccc(OCC(=O)Nc4cc(Cl)cc(Cl)c4)cc3)SC2=S)cc1. The summed E-state index contributed by atoms with van der Waals surface area (Å²) in [6.07, 6.45) is 1.78. The number of anilines is 2. The number of thioether (sulfide) groups is 1. The quantitative estimate of drug-likeness (QED) is 0.284. The fourth-order valence-corrected chi connectivity index (χ4v) is 4.99. The molecule has 1 aliphatic rings. The first-order chi connectivity index (χ1) is 16.3. The molecule has 9 heteroatoms. The van der Waals surface area contributed by atoms with Gasteiger partial charge in [-0.25, -0.2) is 0 Å². The number of nitrogens with one attached hydrogen (secondary N) is 1. The van der Waals surface area contributed by atoms with E-state index in [1.54, 1.807) is 36.4 Å². The van der Waals surface area contributed by atoms with Gasteiger partial charge < -0.3 is 10.1 Å². The summed E-state index contributed by atoms with van der Waals surface area (Å²) in [7, 11) is 0. The van der Waals surface area contributed by atoms with Gasteiger partial charge in [0, 0.05) is 15.7 Å². The number of nitrogens with zero attached hydrogens (tertiary/aromatic N) is 1. The summed E-state index contributed by atoms with van der Waals surface area (Å²) >= 11 is 18.6. The van der Waals surface area contributed by atoms with Crippen LogP contribution in [-0.4, -0.2) is 22.7 Å². The Morgan fingerprint density at radius 2 is 1.71 bits per heavy atom. The van der Waals surface area contributed by atoms with Crippen LogP contribution < -0.4 is 15.0 Å². The summed E-state index contributed by atoms with van der Waals surface area (Å²) < 4.78 is 6.04. The van der Waals surface area contributed by atoms with Crippen LogP contribution >= 0.6 is 47.2 Å². The van der Waals surface area contributed by atoms with Crippen LogP contribution in [0.2, 0.25) is 10.0 Å². The number of ether oxygens (including phenoxy) is 1. The van der Waals surface area contributed by atoms with Gasteiger partial charge in [-0.1, -0.05) is 77.0 Å². The van der Waals surface area contributed by atoms with Gasteiger partial charge in [-0.2, -0.15) is 0 Å². The number of amides is 2. The highest BCUT2D eigenvalue weighted by molar-refractivity contribution is 8.27. The first-order valence-electron chi connectivity index (χ1n) is 10.1. The van der Waals surface area contributed by atoms with Crippen molar-refractivity contribution < 1.29 is 14.3 Å². The average molecular weight is 529 g/mol. The number of aryl methyl sites for hydroxylation is 1. The Labute approximate surface area is 216 Å². The molecule has 172 valence electrons. The molecule has 5 nitrogen and oxygen atoms in total. The molecule has 0 aliphatic carbocycles. The molecule has 0 radical (unpaired) electrons. The van der Waals surface area contributed by atoms with Crippen molar-refractivity contribution in [3.05, 3.63) is 92.8 Å². The van der Waals surface area contributed by atoms with Crippen LogP contribution in [0.5, 0.6) is 5.75 Å². The van der Waals surface area contributed by atoms with E-state index in [1.165, 1.54) is 16.7 Å². The van der Waals surface area contributed by atoms with Gasteiger partial charge in [0.15, 0.2) is 10.9 Å². The third-order valence-electron chi connectivity index (χ3n) is 4.78. The van der Waals surface area contributed by atoms with Crippen molar-refractivity contribution in [2.75, 3.05) is 16.8 Å². The summed E-state index contributed by atoms with van der Waals surface area (Å²) in [5, 5.41) is 3.54. The molecule has 0 spiro atoms. The molecule has 0 atom stereocenters. The van der Waals surface area contributed by atoms with Crippen molar-refractivity contribution in [1.82, 2.24) is 0 Å². The Kier molecular flexibility index (Phi) is 7.58. The minimum atomic E-state index is -0.345. The van der Waals surface area contributed by atoms with Gasteiger partial charge in [0.1, 0.15) is 5.75 Å². The van der Waals surface area contributed by atoms with E-state index in [4.69, 9.17) is 40.2 Å². The molecule has 1 N–H and O–H groups in total. The van der Waals surface area contributed by atoms with Crippen molar-refractivity contribution >= 4 is 80.8 Å². The summed E-state index contributed by atoms with van der Waals surface area (Å²) in [5.74, 6) is 0.0165. The second-order valence-electron chi connectivity index (χ2n) is 7.42. The van der Waals surface area contributed by atoms with Crippen LogP contribution in [0.15, 0.2) is 71.6 Å². The Bertz CT molecular complexity index is 1270. The van der Waals surface area contributed by atoms with Gasteiger partial charge in [0.05, 0.1) is 10.6 Å². The first-order valence-corrected chi connectivity index (χ1v) is 12.1. The van der Waals surface area contributed by atoms with Crippen LogP contribution in [-0.2, 0) is 9.59 Å². The average Bonchev–Trinajstić information content (AvgIpc) is 3.06. The molecule has 0 aromatic heterocycles. The number of carbonyl (C=O) groups excluding carboxylic acids is 2. The Morgan fingerprint density at radius 1 is 1.06 bits per heavy atom. The minimum absolute atomic E-state index is 0.156. The Balaban J connectivity index is 1.37. The number of rotatable bonds is 6. The molecule has 34 heavy (non-hydrogen) atoms. The fourth-order valence-electron chi connectivity index (χ4n) is 3.17. The molecule has 0 saturated carbocycles. The van der Waals surface area contributed by atoms with Crippen molar-refractivity contribution in [2.45, 2.75) is 6.92 Å². The monoisotopic (exact) mass is 528 g/mol. The third kappa shape index (κ3) is 5.98. The maximum Gasteiger partial charge on any atom is 0.270 e. The largest absolute Gasteiger partial charge is 0.484 e. The molecule has 4 rings (SSSR count). The van der Waals surface area contributed by atoms with Gasteiger partial charge in [-0.3, -0.25) is 14.5 Å². The predicted octanol–water partition coefficient (Wildman–Crippen LogP) is 6.73. The second kappa shape index (κ2) is 10.6. The molecule has 3 aromatic carbocycles. The van der Waals surface area contributed by atoms with Gasteiger partial charge >= 0.3 is 0 Å². The zero-order valence-corrected chi connectivity index (χ0v) is 21.0. The molecule has 1 aliphatic heterocycles. The molecule has 0 unspecified atom stereocenters. The van der Waals surface area contributed by atoms with Gasteiger partial charge in [-0.15, -0.1) is 0 Å². The van der Waals surface area contributed by atoms with Gasteiger partial charge in [0.2, 0.25) is 0 Å². The summed E-state index contributed by atoms with van der Waals surface area (Å²) in [5.41, 5.74) is 3.16. The Hall–Kier alpha value is -2.84. The van der Waals surface area contributed by atoms with Crippen molar-refractivity contribution in [1.29, 1.82) is 0 Å². The molecular formula is C25H18Cl2N2O3S2. The summed E-state index contributed by atoms with van der Waals surface area (Å²) in [6, 6.07) is 19.5. The van der Waals surface area contributed by atoms with E-state index in [0.717, 1.165) is 16.8 Å². The molecule has 0 bridgehead atoms. The van der Waals surface area contributed by atoms with Crippen LogP contribution in [0.1, 0.15) is 11.1 Å². The van der Waals surface area contributed by atoms with E-state index in [-0.39, 0.29) is 18.4 Å². The molecule has 1 fully saturated rings. The lowest BCUT2D eigenvalue weighted by Gasteiger charge is -2.14. The fraction of sp³-hybridized carbons (Fsp3) is 0.0800. The number of hydrogen-bond acceptors (Lipinski definition) is 5. The molecular weight excluding hydrogens is 511 g/mol. The zero-order valence-electron chi connectivity index (χ0n) is 17.9. The Morgan fingerprint density at radius 3 is 2.35 bits per heavy atom. The maximum atomic E-state index is 12.9. The van der Waals surface area contributed by atoms with E-state index in [1.807, 2.05) is 43.3 Å². The highest BCUT2D eigenvalue weighted by Crippen LogP contribution is 2.36. The van der Waals surface area contributed by atoms with Crippen molar-refractivity contribution in [3.63, 3.8) is 0 Å². The summed E-state index contributed by atoms with van der Waals surface area (Å²) in [6.45, 7) is 1.81. The lowest BCUT2D eigenvalue weighted by Crippen LogP contribution is -2.27. The number of hydrogen-bond donors (Lipinski definition) is 1. The normalized spacial score (nSPS) is 14.6. The molecule has 3 aromatic rings. The van der Waals surface area contributed by atoms with E-state index in [9.17, 15) is 9.59 Å². The van der Waals surface area contributed by atoms with Crippen LogP contribution in [0, 0.1) is 6.92 Å². The summed E-state index contributed by atoms with van der Waals surface area (Å²) in [4.78, 5) is 27.1. The van der Waals surface area contributed by atoms with Crippen LogP contribution in [0.3, 0.4) is 0 Å². The smallest absolute Gasteiger partial charge is 0.270 e. The lowest BCUT2D eigenvalue weighted by atomic mass is 10.2. The van der Waals surface area contributed by atoms with Crippen molar-refractivity contribution in [2.24, 2.45) is 0 Å². The minimum Gasteiger partial charge on any atom is -0.484 e. The molecule has 1 saturated heterocycles. The van der Waals surface area contributed by atoms with Gasteiger partial charge in [-0.05, 0) is 61.0 Å². The predicted molar refractivity (Wildman–Crippen MR) is 144 cm³/mol. The van der Waals surface area contributed by atoms with E-state index in [2.05, 4.69) is 5.32 Å². The highest BCUT2D eigenvalue weighted by atomic mass is 35.5. The van der Waals surface area contributed by atoms with Gasteiger partial charge in [0.25, 0.3) is 11.8 Å². The molecule has 2 amide bonds.